The monoisotopic (exact) mass is 323 g/mol. The van der Waals surface area contributed by atoms with E-state index in [0.29, 0.717) is 17.9 Å². The number of hydrogen-bond acceptors (Lipinski definition) is 3. The predicted molar refractivity (Wildman–Crippen MR) is 79.6 cm³/mol. The van der Waals surface area contributed by atoms with E-state index in [-0.39, 0.29) is 18.6 Å². The van der Waals surface area contributed by atoms with Gasteiger partial charge in [0.25, 0.3) is 6.08 Å². The molecular formula is C16H16ClF2N3. The topological polar surface area (TPSA) is 39.9 Å². The maximum absolute atomic E-state index is 12.4. The van der Waals surface area contributed by atoms with Crippen LogP contribution in [-0.4, -0.2) is 28.5 Å². The van der Waals surface area contributed by atoms with Gasteiger partial charge in [-0.2, -0.15) is 14.0 Å². The molecule has 2 atom stereocenters. The average molecular weight is 324 g/mol. The highest BCUT2D eigenvalue weighted by Crippen LogP contribution is 2.47. The second-order valence-electron chi connectivity index (χ2n) is 6.07. The van der Waals surface area contributed by atoms with Gasteiger partial charge in [0.1, 0.15) is 0 Å². The van der Waals surface area contributed by atoms with Crippen molar-refractivity contribution in [2.24, 2.45) is 0 Å². The third-order valence-corrected chi connectivity index (χ3v) is 5.07. The number of nitrogens with zero attached hydrogens (tertiary/aromatic N) is 3. The van der Waals surface area contributed by atoms with Gasteiger partial charge >= 0.3 is 0 Å². The molecule has 2 unspecified atom stereocenters. The van der Waals surface area contributed by atoms with E-state index in [9.17, 15) is 14.0 Å². The summed E-state index contributed by atoms with van der Waals surface area (Å²) in [6.07, 6.45) is 5.75. The van der Waals surface area contributed by atoms with E-state index in [1.165, 1.54) is 0 Å². The summed E-state index contributed by atoms with van der Waals surface area (Å²) in [7, 11) is 0. The van der Waals surface area contributed by atoms with E-state index < -0.39 is 11.5 Å². The van der Waals surface area contributed by atoms with E-state index in [0.717, 1.165) is 24.5 Å². The summed E-state index contributed by atoms with van der Waals surface area (Å²) >= 11 is 6.01. The Balaban J connectivity index is 1.87. The van der Waals surface area contributed by atoms with Crippen LogP contribution < -0.4 is 0 Å². The molecule has 0 spiro atoms. The highest BCUT2D eigenvalue weighted by Gasteiger charge is 2.49. The van der Waals surface area contributed by atoms with Gasteiger partial charge in [-0.05, 0) is 43.4 Å². The molecule has 0 amide bonds. The van der Waals surface area contributed by atoms with Gasteiger partial charge in [-0.25, -0.2) is 0 Å². The van der Waals surface area contributed by atoms with Crippen LogP contribution in [0.15, 0.2) is 30.6 Å². The Bertz CT molecular complexity index is 623. The highest BCUT2D eigenvalue weighted by atomic mass is 35.5. The first-order chi connectivity index (χ1) is 10.5. The average Bonchev–Trinajstić information content (AvgIpc) is 2.74. The van der Waals surface area contributed by atoms with Crippen LogP contribution in [0.5, 0.6) is 0 Å². The number of rotatable bonds is 3. The second-order valence-corrected chi connectivity index (χ2v) is 6.51. The number of aromatic nitrogens is 1. The number of nitriles is 1. The minimum absolute atomic E-state index is 0.160. The number of fused-ring (bicyclic) bond motifs is 2. The van der Waals surface area contributed by atoms with Crippen LogP contribution in [0.25, 0.3) is 0 Å². The molecule has 0 N–H and O–H groups in total. The van der Waals surface area contributed by atoms with E-state index in [1.807, 2.05) is 0 Å². The van der Waals surface area contributed by atoms with Crippen molar-refractivity contribution >= 4 is 11.6 Å². The van der Waals surface area contributed by atoms with E-state index in [4.69, 9.17) is 11.6 Å². The largest absolute Gasteiger partial charge is 0.293 e. The van der Waals surface area contributed by atoms with E-state index in [1.54, 1.807) is 18.5 Å². The molecule has 2 saturated heterocycles. The summed E-state index contributed by atoms with van der Waals surface area (Å²) < 4.78 is 24.7. The normalized spacial score (nSPS) is 30.8. The maximum atomic E-state index is 12.4. The minimum atomic E-state index is -1.64. The molecule has 2 aliphatic rings. The fourth-order valence-corrected chi connectivity index (χ4v) is 4.05. The van der Waals surface area contributed by atoms with Crippen LogP contribution in [0.4, 0.5) is 8.78 Å². The van der Waals surface area contributed by atoms with E-state index >= 15 is 0 Å². The van der Waals surface area contributed by atoms with Crippen LogP contribution in [0.1, 0.15) is 31.2 Å². The van der Waals surface area contributed by atoms with Crippen LogP contribution >= 0.6 is 11.6 Å². The summed E-state index contributed by atoms with van der Waals surface area (Å²) in [6.45, 7) is 0.257. The first kappa shape index (κ1) is 15.4. The molecule has 0 saturated carbocycles. The van der Waals surface area contributed by atoms with Crippen molar-refractivity contribution < 1.29 is 8.78 Å². The predicted octanol–water partition coefficient (Wildman–Crippen LogP) is 3.90. The van der Waals surface area contributed by atoms with Crippen LogP contribution in [0.3, 0.4) is 0 Å². The Hall–Kier alpha value is -1.51. The summed E-state index contributed by atoms with van der Waals surface area (Å²) in [4.78, 5) is 6.20. The van der Waals surface area contributed by atoms with Crippen molar-refractivity contribution in [2.75, 3.05) is 6.54 Å². The van der Waals surface area contributed by atoms with Crippen molar-refractivity contribution in [1.82, 2.24) is 9.88 Å². The van der Waals surface area contributed by atoms with Crippen LogP contribution in [-0.2, 0) is 5.41 Å². The molecule has 2 aliphatic heterocycles. The summed E-state index contributed by atoms with van der Waals surface area (Å²) in [5.74, 6) is 0. The maximum Gasteiger partial charge on any atom is 0.267 e. The molecule has 3 nitrogen and oxygen atoms in total. The van der Waals surface area contributed by atoms with Crippen LogP contribution in [0, 0.1) is 11.3 Å². The molecule has 116 valence electrons. The SMILES string of the molecule is N#CC1(c2cncc(Cl)c2)CC2CCC(C1)N2CC=C(F)F. The summed E-state index contributed by atoms with van der Waals surface area (Å²) in [5.41, 5.74) is 0.226. The molecule has 6 heteroatoms. The molecule has 0 aliphatic carbocycles. The van der Waals surface area contributed by atoms with Crippen molar-refractivity contribution in [2.45, 2.75) is 43.2 Å². The highest BCUT2D eigenvalue weighted by molar-refractivity contribution is 6.30. The Morgan fingerprint density at radius 1 is 1.41 bits per heavy atom. The molecule has 1 aromatic heterocycles. The number of halogens is 3. The first-order valence-corrected chi connectivity index (χ1v) is 7.71. The van der Waals surface area contributed by atoms with Gasteiger partial charge in [0.2, 0.25) is 0 Å². The van der Waals surface area contributed by atoms with Gasteiger partial charge in [-0.1, -0.05) is 11.6 Å². The molecule has 22 heavy (non-hydrogen) atoms. The molecule has 3 heterocycles. The van der Waals surface area contributed by atoms with Crippen molar-refractivity contribution in [1.29, 1.82) is 5.26 Å². The molecular weight excluding hydrogens is 308 g/mol. The number of piperidine rings is 1. The lowest BCUT2D eigenvalue weighted by molar-refractivity contribution is 0.117. The Morgan fingerprint density at radius 3 is 2.64 bits per heavy atom. The quantitative estimate of drug-likeness (QED) is 0.847. The Labute approximate surface area is 133 Å². The fourth-order valence-electron chi connectivity index (χ4n) is 3.88. The number of hydrogen-bond donors (Lipinski definition) is 0. The fraction of sp³-hybridized carbons (Fsp3) is 0.500. The van der Waals surface area contributed by atoms with Crippen molar-refractivity contribution in [3.05, 3.63) is 41.2 Å². The third-order valence-electron chi connectivity index (χ3n) is 4.87. The molecule has 0 radical (unpaired) electrons. The van der Waals surface area contributed by atoms with Crippen molar-refractivity contribution in [3.63, 3.8) is 0 Å². The van der Waals surface area contributed by atoms with Gasteiger partial charge in [-0.3, -0.25) is 9.88 Å². The standard InChI is InChI=1S/C16H16ClF2N3/c17-12-5-11(8-21-9-12)16(10-20)6-13-1-2-14(7-16)22(13)4-3-15(18)19/h3,5,8-9,13-14H,1-2,4,6-7H2. The number of pyridine rings is 1. The lowest BCUT2D eigenvalue weighted by Gasteiger charge is -2.42. The summed E-state index contributed by atoms with van der Waals surface area (Å²) in [5, 5.41) is 10.3. The van der Waals surface area contributed by atoms with Crippen molar-refractivity contribution in [3.8, 4) is 6.07 Å². The molecule has 2 bridgehead atoms. The van der Waals surface area contributed by atoms with Gasteiger partial charge in [-0.15, -0.1) is 0 Å². The molecule has 2 fully saturated rings. The lowest BCUT2D eigenvalue weighted by atomic mass is 9.71. The van der Waals surface area contributed by atoms with Gasteiger partial charge in [0.05, 0.1) is 16.5 Å². The zero-order valence-corrected chi connectivity index (χ0v) is 12.7. The van der Waals surface area contributed by atoms with Gasteiger partial charge < -0.3 is 0 Å². The lowest BCUT2D eigenvalue weighted by Crippen LogP contribution is -2.49. The van der Waals surface area contributed by atoms with E-state index in [2.05, 4.69) is 16.0 Å². The van der Waals surface area contributed by atoms with Gasteiger partial charge in [0, 0.05) is 31.0 Å². The zero-order valence-electron chi connectivity index (χ0n) is 12.0. The molecule has 1 aromatic rings. The second kappa shape index (κ2) is 5.94. The third kappa shape index (κ3) is 2.73. The smallest absolute Gasteiger partial charge is 0.267 e. The van der Waals surface area contributed by atoms with Gasteiger partial charge in [0.15, 0.2) is 0 Å². The first-order valence-electron chi connectivity index (χ1n) is 7.33. The Morgan fingerprint density at radius 2 is 2.09 bits per heavy atom. The molecule has 0 aromatic carbocycles. The Kier molecular flexibility index (Phi) is 4.16. The van der Waals surface area contributed by atoms with Crippen LogP contribution in [0.2, 0.25) is 5.02 Å². The summed E-state index contributed by atoms with van der Waals surface area (Å²) in [6, 6.07) is 4.58. The zero-order chi connectivity index (χ0) is 15.7. The minimum Gasteiger partial charge on any atom is -0.293 e. The molecule has 3 rings (SSSR count).